The van der Waals surface area contributed by atoms with Crippen molar-refractivity contribution in [3.63, 3.8) is 0 Å². The first kappa shape index (κ1) is 23.3. The molecule has 0 saturated carbocycles. The van der Waals surface area contributed by atoms with Crippen LogP contribution in [0.3, 0.4) is 0 Å². The van der Waals surface area contributed by atoms with Gasteiger partial charge in [0.2, 0.25) is 0 Å². The molecule has 0 radical (unpaired) electrons. The largest absolute Gasteiger partial charge is 0.494 e. The number of hydrogen-bond donors (Lipinski definition) is 1. The van der Waals surface area contributed by atoms with Gasteiger partial charge in [-0.15, -0.1) is 0 Å². The van der Waals surface area contributed by atoms with Gasteiger partial charge in [-0.1, -0.05) is 5.16 Å². The molecule has 1 aromatic heterocycles. The number of aryl methyl sites for hydroxylation is 2. The zero-order valence-electron chi connectivity index (χ0n) is 18.1. The summed E-state index contributed by atoms with van der Waals surface area (Å²) in [5.74, 6) is -0.00376. The third-order valence-corrected chi connectivity index (χ3v) is 4.66. The molecule has 1 N–H and O–H groups in total. The van der Waals surface area contributed by atoms with Gasteiger partial charge in [-0.25, -0.2) is 4.79 Å². The number of nitro groups is 1. The van der Waals surface area contributed by atoms with Crippen LogP contribution in [0.15, 0.2) is 47.0 Å². The molecule has 0 spiro atoms. The maximum atomic E-state index is 12.2. The Hall–Kier alpha value is -4.41. The smallest absolute Gasteiger partial charge is 0.338 e. The first-order chi connectivity index (χ1) is 15.8. The minimum atomic E-state index is -0.696. The number of methoxy groups -OCH3 is 1. The van der Waals surface area contributed by atoms with Crippen molar-refractivity contribution in [2.24, 2.45) is 0 Å². The number of benzene rings is 2. The van der Waals surface area contributed by atoms with Crippen LogP contribution in [-0.4, -0.2) is 35.7 Å². The molecule has 1 amide bonds. The lowest BCUT2D eigenvalue weighted by atomic mass is 10.2. The highest BCUT2D eigenvalue weighted by atomic mass is 16.6. The second kappa shape index (κ2) is 10.3. The van der Waals surface area contributed by atoms with Gasteiger partial charge in [-0.3, -0.25) is 14.9 Å². The second-order valence-corrected chi connectivity index (χ2v) is 6.88. The number of carbonyl (C=O) groups is 2. The lowest BCUT2D eigenvalue weighted by Crippen LogP contribution is -2.21. The summed E-state index contributed by atoms with van der Waals surface area (Å²) < 4.78 is 20.9. The van der Waals surface area contributed by atoms with Gasteiger partial charge in [0, 0.05) is 6.07 Å². The van der Waals surface area contributed by atoms with Crippen molar-refractivity contribution in [2.75, 3.05) is 19.0 Å². The van der Waals surface area contributed by atoms with E-state index in [0.29, 0.717) is 11.5 Å². The van der Waals surface area contributed by atoms with Crippen molar-refractivity contribution in [1.82, 2.24) is 5.16 Å². The number of non-ortho nitro benzene ring substituents is 1. The highest BCUT2D eigenvalue weighted by Gasteiger charge is 2.15. The molecule has 0 atom stereocenters. The third-order valence-electron chi connectivity index (χ3n) is 4.66. The molecule has 0 aliphatic carbocycles. The fraction of sp³-hybridized carbons (Fsp3) is 0.227. The Kier molecular flexibility index (Phi) is 7.24. The average Bonchev–Trinajstić information content (AvgIpc) is 3.13. The number of aromatic nitrogens is 1. The summed E-state index contributed by atoms with van der Waals surface area (Å²) in [5, 5.41) is 17.2. The number of nitrogens with one attached hydrogen (secondary N) is 1. The molecular formula is C22H21N3O8. The normalized spacial score (nSPS) is 10.4. The van der Waals surface area contributed by atoms with Crippen LogP contribution < -0.4 is 14.8 Å². The van der Waals surface area contributed by atoms with Crippen LogP contribution in [0.4, 0.5) is 11.4 Å². The van der Waals surface area contributed by atoms with Crippen LogP contribution >= 0.6 is 0 Å². The molecule has 0 unspecified atom stereocenters. The molecule has 33 heavy (non-hydrogen) atoms. The first-order valence-electron chi connectivity index (χ1n) is 9.72. The summed E-state index contributed by atoms with van der Waals surface area (Å²) >= 11 is 0. The van der Waals surface area contributed by atoms with Crippen LogP contribution in [0.25, 0.3) is 0 Å². The van der Waals surface area contributed by atoms with Crippen molar-refractivity contribution < 1.29 is 33.2 Å². The van der Waals surface area contributed by atoms with Gasteiger partial charge in [0.25, 0.3) is 11.6 Å². The van der Waals surface area contributed by atoms with Crippen molar-refractivity contribution in [3.8, 4) is 11.5 Å². The SMILES string of the molecule is COc1cc([N+](=O)[O-])ccc1NC(=O)COC(=O)c1ccc(OCc2c(C)noc2C)cc1. The number of nitro benzene ring substituents is 1. The van der Waals surface area contributed by atoms with Crippen LogP contribution in [0, 0.1) is 24.0 Å². The molecule has 0 fully saturated rings. The molecule has 11 nitrogen and oxygen atoms in total. The molecule has 172 valence electrons. The summed E-state index contributed by atoms with van der Waals surface area (Å²) in [6, 6.07) is 9.98. The van der Waals surface area contributed by atoms with Crippen molar-refractivity contribution in [3.05, 3.63) is 75.2 Å². The molecule has 3 aromatic rings. The zero-order valence-corrected chi connectivity index (χ0v) is 18.1. The number of anilines is 1. The Labute approximate surface area is 188 Å². The molecule has 11 heteroatoms. The van der Waals surface area contributed by atoms with Gasteiger partial charge in [0.15, 0.2) is 6.61 Å². The van der Waals surface area contributed by atoms with Crippen molar-refractivity contribution in [2.45, 2.75) is 20.5 Å². The third kappa shape index (κ3) is 5.85. The summed E-state index contributed by atoms with van der Waals surface area (Å²) in [4.78, 5) is 34.6. The Bertz CT molecular complexity index is 1150. The van der Waals surface area contributed by atoms with E-state index in [9.17, 15) is 19.7 Å². The average molecular weight is 455 g/mol. The Balaban J connectivity index is 1.52. The van der Waals surface area contributed by atoms with Gasteiger partial charge in [0.05, 0.1) is 40.6 Å². The second-order valence-electron chi connectivity index (χ2n) is 6.88. The molecule has 0 saturated heterocycles. The summed E-state index contributed by atoms with van der Waals surface area (Å²) in [7, 11) is 1.32. The fourth-order valence-corrected chi connectivity index (χ4v) is 2.85. The van der Waals surface area contributed by atoms with Crippen LogP contribution in [0.5, 0.6) is 11.5 Å². The van der Waals surface area contributed by atoms with E-state index in [1.54, 1.807) is 19.1 Å². The van der Waals surface area contributed by atoms with E-state index in [-0.39, 0.29) is 29.3 Å². The summed E-state index contributed by atoms with van der Waals surface area (Å²) in [6.07, 6.45) is 0. The highest BCUT2D eigenvalue weighted by Crippen LogP contribution is 2.29. The van der Waals surface area contributed by atoms with E-state index in [4.69, 9.17) is 18.7 Å². The number of carbonyl (C=O) groups excluding carboxylic acids is 2. The molecule has 1 heterocycles. The number of amides is 1. The topological polar surface area (TPSA) is 143 Å². The molecule has 0 aliphatic heterocycles. The lowest BCUT2D eigenvalue weighted by molar-refractivity contribution is -0.384. The fourth-order valence-electron chi connectivity index (χ4n) is 2.85. The van der Waals surface area contributed by atoms with Crippen LogP contribution in [0.2, 0.25) is 0 Å². The monoisotopic (exact) mass is 455 g/mol. The van der Waals surface area contributed by atoms with Crippen molar-refractivity contribution >= 4 is 23.3 Å². The minimum absolute atomic E-state index is 0.107. The van der Waals surface area contributed by atoms with Gasteiger partial charge in [-0.05, 0) is 44.2 Å². The molecule has 2 aromatic carbocycles. The summed E-state index contributed by atoms with van der Waals surface area (Å²) in [6.45, 7) is 3.34. The van der Waals surface area contributed by atoms with E-state index >= 15 is 0 Å². The van der Waals surface area contributed by atoms with E-state index in [0.717, 1.165) is 11.3 Å². The molecule has 0 bridgehead atoms. The van der Waals surface area contributed by atoms with E-state index < -0.39 is 23.4 Å². The Morgan fingerprint density at radius 2 is 1.88 bits per heavy atom. The van der Waals surface area contributed by atoms with E-state index in [1.165, 1.54) is 37.4 Å². The predicted molar refractivity (Wildman–Crippen MR) is 115 cm³/mol. The number of rotatable bonds is 9. The standard InChI is InChI=1S/C22H21N3O8/c1-13-18(14(2)33-24-13)11-31-17-7-4-15(5-8-17)22(27)32-12-21(26)23-19-9-6-16(25(28)29)10-20(19)30-3/h4-10H,11-12H2,1-3H3,(H,23,26). The van der Waals surface area contributed by atoms with Crippen LogP contribution in [-0.2, 0) is 16.1 Å². The number of ether oxygens (including phenoxy) is 3. The van der Waals surface area contributed by atoms with E-state index in [1.807, 2.05) is 6.92 Å². The Morgan fingerprint density at radius 3 is 2.48 bits per heavy atom. The van der Waals surface area contributed by atoms with Gasteiger partial charge in [0.1, 0.15) is 23.9 Å². The van der Waals surface area contributed by atoms with Gasteiger partial charge < -0.3 is 24.1 Å². The highest BCUT2D eigenvalue weighted by molar-refractivity contribution is 5.96. The first-order valence-corrected chi connectivity index (χ1v) is 9.72. The van der Waals surface area contributed by atoms with Gasteiger partial charge >= 0.3 is 5.97 Å². The predicted octanol–water partition coefficient (Wildman–Crippen LogP) is 3.58. The van der Waals surface area contributed by atoms with Crippen molar-refractivity contribution in [1.29, 1.82) is 0 Å². The number of esters is 1. The molecule has 0 aliphatic rings. The van der Waals surface area contributed by atoms with Gasteiger partial charge in [-0.2, -0.15) is 0 Å². The lowest BCUT2D eigenvalue weighted by Gasteiger charge is -2.10. The van der Waals surface area contributed by atoms with Crippen LogP contribution in [0.1, 0.15) is 27.4 Å². The minimum Gasteiger partial charge on any atom is -0.494 e. The zero-order chi connectivity index (χ0) is 24.0. The maximum Gasteiger partial charge on any atom is 0.338 e. The summed E-state index contributed by atoms with van der Waals surface area (Å²) in [5.41, 5.74) is 1.87. The molecule has 3 rings (SSSR count). The van der Waals surface area contributed by atoms with E-state index in [2.05, 4.69) is 10.5 Å². The quantitative estimate of drug-likeness (QED) is 0.291. The Morgan fingerprint density at radius 1 is 1.15 bits per heavy atom. The maximum absolute atomic E-state index is 12.2. The number of nitrogens with zero attached hydrogens (tertiary/aromatic N) is 2. The number of hydrogen-bond acceptors (Lipinski definition) is 9. The molecular weight excluding hydrogens is 434 g/mol.